The molecule has 0 unspecified atom stereocenters. The summed E-state index contributed by atoms with van der Waals surface area (Å²) in [5, 5.41) is 2.18. The Hall–Kier alpha value is -1.50. The first-order chi connectivity index (χ1) is 9.36. The molecule has 0 spiro atoms. The molecule has 1 aliphatic rings. The monoisotopic (exact) mass is 276 g/mol. The Bertz CT molecular complexity index is 534. The van der Waals surface area contributed by atoms with Crippen LogP contribution in [0.25, 0.3) is 10.4 Å². The third kappa shape index (κ3) is 2.75. The van der Waals surface area contributed by atoms with Crippen molar-refractivity contribution in [2.24, 2.45) is 5.73 Å². The van der Waals surface area contributed by atoms with E-state index in [0.717, 1.165) is 31.9 Å². The lowest BCUT2D eigenvalue weighted by molar-refractivity contribution is 0.123. The van der Waals surface area contributed by atoms with Gasteiger partial charge >= 0.3 is 0 Å². The second-order valence-electron chi connectivity index (χ2n) is 4.36. The summed E-state index contributed by atoms with van der Waals surface area (Å²) >= 11 is 1.72. The number of nitrogens with two attached hydrogens (primary N) is 1. The Labute approximate surface area is 116 Å². The standard InChI is InChI=1S/C13H16N4OS/c14-6-13-15-7-10(8-16-13)12-5-11(9-19-12)17-1-3-18-4-2-17/h5,7-9H,1-4,6,14H2. The number of nitrogens with zero attached hydrogens (tertiary/aromatic N) is 3. The number of hydrogen-bond acceptors (Lipinski definition) is 6. The molecule has 0 saturated carbocycles. The van der Waals surface area contributed by atoms with Crippen LogP contribution in [0.15, 0.2) is 23.8 Å². The van der Waals surface area contributed by atoms with E-state index in [1.165, 1.54) is 10.6 Å². The van der Waals surface area contributed by atoms with Gasteiger partial charge < -0.3 is 15.4 Å². The van der Waals surface area contributed by atoms with Crippen LogP contribution < -0.4 is 10.6 Å². The van der Waals surface area contributed by atoms with E-state index in [-0.39, 0.29) is 0 Å². The third-order valence-corrected chi connectivity index (χ3v) is 4.10. The van der Waals surface area contributed by atoms with Crippen LogP contribution in [0.1, 0.15) is 5.82 Å². The zero-order valence-corrected chi connectivity index (χ0v) is 11.4. The predicted molar refractivity (Wildman–Crippen MR) is 76.3 cm³/mol. The van der Waals surface area contributed by atoms with E-state index in [0.29, 0.717) is 12.4 Å². The normalized spacial score (nSPS) is 15.7. The van der Waals surface area contributed by atoms with Gasteiger partial charge in [0.1, 0.15) is 5.82 Å². The Kier molecular flexibility index (Phi) is 3.72. The second kappa shape index (κ2) is 5.64. The van der Waals surface area contributed by atoms with Gasteiger partial charge in [-0.1, -0.05) is 0 Å². The van der Waals surface area contributed by atoms with Crippen LogP contribution in [0.4, 0.5) is 5.69 Å². The Morgan fingerprint density at radius 2 is 2.00 bits per heavy atom. The predicted octanol–water partition coefficient (Wildman–Crippen LogP) is 1.50. The molecule has 3 heterocycles. The largest absolute Gasteiger partial charge is 0.378 e. The molecule has 0 radical (unpaired) electrons. The van der Waals surface area contributed by atoms with Crippen LogP contribution >= 0.6 is 11.3 Å². The van der Waals surface area contributed by atoms with Crippen molar-refractivity contribution in [3.05, 3.63) is 29.7 Å². The Morgan fingerprint density at radius 1 is 1.26 bits per heavy atom. The summed E-state index contributed by atoms with van der Waals surface area (Å²) in [4.78, 5) is 12.0. The van der Waals surface area contributed by atoms with Gasteiger partial charge in [-0.05, 0) is 6.07 Å². The highest BCUT2D eigenvalue weighted by atomic mass is 32.1. The smallest absolute Gasteiger partial charge is 0.141 e. The molecule has 1 saturated heterocycles. The van der Waals surface area contributed by atoms with Crippen molar-refractivity contribution >= 4 is 17.0 Å². The molecule has 0 atom stereocenters. The fourth-order valence-electron chi connectivity index (χ4n) is 2.05. The van der Waals surface area contributed by atoms with Crippen LogP contribution in [0.3, 0.4) is 0 Å². The molecule has 2 aromatic rings. The van der Waals surface area contributed by atoms with Gasteiger partial charge in [-0.2, -0.15) is 0 Å². The highest BCUT2D eigenvalue weighted by Crippen LogP contribution is 2.31. The van der Waals surface area contributed by atoms with Crippen LogP contribution in [0.2, 0.25) is 0 Å². The van der Waals surface area contributed by atoms with Crippen LogP contribution in [0, 0.1) is 0 Å². The maximum absolute atomic E-state index is 5.50. The van der Waals surface area contributed by atoms with E-state index in [4.69, 9.17) is 10.5 Å². The minimum atomic E-state index is 0.379. The molecule has 6 heteroatoms. The van der Waals surface area contributed by atoms with E-state index in [2.05, 4.69) is 26.3 Å². The number of morpholine rings is 1. The number of rotatable bonds is 3. The average Bonchev–Trinajstić information content (AvgIpc) is 2.98. The SMILES string of the molecule is NCc1ncc(-c2cc(N3CCOCC3)cs2)cn1. The topological polar surface area (TPSA) is 64.3 Å². The molecule has 19 heavy (non-hydrogen) atoms. The van der Waals surface area contributed by atoms with Crippen molar-refractivity contribution in [3.8, 4) is 10.4 Å². The number of ether oxygens (including phenoxy) is 1. The number of thiophene rings is 1. The minimum absolute atomic E-state index is 0.379. The summed E-state index contributed by atoms with van der Waals surface area (Å²) < 4.78 is 5.37. The lowest BCUT2D eigenvalue weighted by Gasteiger charge is -2.27. The van der Waals surface area contributed by atoms with Crippen LogP contribution in [-0.4, -0.2) is 36.3 Å². The fourth-order valence-corrected chi connectivity index (χ4v) is 2.95. The molecular weight excluding hydrogens is 260 g/mol. The summed E-state index contributed by atoms with van der Waals surface area (Å²) in [7, 11) is 0. The molecule has 0 amide bonds. The zero-order chi connectivity index (χ0) is 13.1. The molecule has 0 bridgehead atoms. The van der Waals surface area contributed by atoms with Gasteiger partial charge in [-0.3, -0.25) is 0 Å². The summed E-state index contributed by atoms with van der Waals surface area (Å²) in [6.45, 7) is 3.90. The number of hydrogen-bond donors (Lipinski definition) is 1. The van der Waals surface area contributed by atoms with Crippen molar-refractivity contribution in [2.75, 3.05) is 31.2 Å². The Balaban J connectivity index is 1.79. The van der Waals surface area contributed by atoms with Gasteiger partial charge in [0.05, 0.1) is 19.8 Å². The molecule has 2 aromatic heterocycles. The zero-order valence-electron chi connectivity index (χ0n) is 10.6. The molecule has 5 nitrogen and oxygen atoms in total. The molecule has 0 aromatic carbocycles. The molecule has 0 aliphatic carbocycles. The van der Waals surface area contributed by atoms with Gasteiger partial charge in [-0.25, -0.2) is 9.97 Å². The lowest BCUT2D eigenvalue weighted by atomic mass is 10.2. The van der Waals surface area contributed by atoms with E-state index in [9.17, 15) is 0 Å². The van der Waals surface area contributed by atoms with Gasteiger partial charge in [0, 0.05) is 47.0 Å². The van der Waals surface area contributed by atoms with Crippen molar-refractivity contribution in [2.45, 2.75) is 6.54 Å². The fraction of sp³-hybridized carbons (Fsp3) is 0.385. The van der Waals surface area contributed by atoms with Crippen molar-refractivity contribution in [1.82, 2.24) is 9.97 Å². The molecule has 1 aliphatic heterocycles. The molecule has 3 rings (SSSR count). The first-order valence-electron chi connectivity index (χ1n) is 6.29. The quantitative estimate of drug-likeness (QED) is 0.920. The maximum atomic E-state index is 5.50. The molecule has 1 fully saturated rings. The third-order valence-electron chi connectivity index (χ3n) is 3.13. The summed E-state index contributed by atoms with van der Waals surface area (Å²) in [6.07, 6.45) is 3.67. The average molecular weight is 276 g/mol. The van der Waals surface area contributed by atoms with Gasteiger partial charge in [0.2, 0.25) is 0 Å². The molecular formula is C13H16N4OS. The van der Waals surface area contributed by atoms with Crippen molar-refractivity contribution in [3.63, 3.8) is 0 Å². The second-order valence-corrected chi connectivity index (χ2v) is 5.27. The van der Waals surface area contributed by atoms with Gasteiger partial charge in [-0.15, -0.1) is 11.3 Å². The highest BCUT2D eigenvalue weighted by Gasteiger charge is 2.13. The van der Waals surface area contributed by atoms with Crippen molar-refractivity contribution < 1.29 is 4.74 Å². The summed E-state index contributed by atoms with van der Waals surface area (Å²) in [5.41, 5.74) is 7.80. The van der Waals surface area contributed by atoms with E-state index < -0.39 is 0 Å². The van der Waals surface area contributed by atoms with Crippen LogP contribution in [0.5, 0.6) is 0 Å². The highest BCUT2D eigenvalue weighted by molar-refractivity contribution is 7.14. The Morgan fingerprint density at radius 3 is 2.68 bits per heavy atom. The summed E-state index contributed by atoms with van der Waals surface area (Å²) in [5.74, 6) is 0.675. The first kappa shape index (κ1) is 12.5. The van der Waals surface area contributed by atoms with Gasteiger partial charge in [0.15, 0.2) is 0 Å². The van der Waals surface area contributed by atoms with E-state index in [1.54, 1.807) is 11.3 Å². The maximum Gasteiger partial charge on any atom is 0.141 e. The van der Waals surface area contributed by atoms with Crippen molar-refractivity contribution in [1.29, 1.82) is 0 Å². The number of anilines is 1. The van der Waals surface area contributed by atoms with E-state index >= 15 is 0 Å². The summed E-state index contributed by atoms with van der Waals surface area (Å²) in [6, 6.07) is 2.19. The van der Waals surface area contributed by atoms with E-state index in [1.807, 2.05) is 12.4 Å². The minimum Gasteiger partial charge on any atom is -0.378 e. The number of aromatic nitrogens is 2. The molecule has 100 valence electrons. The lowest BCUT2D eigenvalue weighted by Crippen LogP contribution is -2.35. The first-order valence-corrected chi connectivity index (χ1v) is 7.17. The molecule has 2 N–H and O–H groups in total. The van der Waals surface area contributed by atoms with Gasteiger partial charge in [0.25, 0.3) is 0 Å². The van der Waals surface area contributed by atoms with Crippen LogP contribution in [-0.2, 0) is 11.3 Å².